The molecule has 1 aromatic heterocycles. The molecule has 0 aromatic carbocycles. The largest absolute Gasteiger partial charge is 0.447 e. The summed E-state index contributed by atoms with van der Waals surface area (Å²) in [5, 5.41) is 0. The van der Waals surface area contributed by atoms with Gasteiger partial charge in [-0.3, -0.25) is 4.98 Å². The number of pyridine rings is 1. The summed E-state index contributed by atoms with van der Waals surface area (Å²) >= 11 is 0. The number of fused-ring (bicyclic) bond motifs is 2. The number of nitrogens with zero attached hydrogens (tertiary/aromatic N) is 1. The van der Waals surface area contributed by atoms with Crippen LogP contribution in [0.25, 0.3) is 6.08 Å². The van der Waals surface area contributed by atoms with Crippen LogP contribution in [0.3, 0.4) is 0 Å². The molecule has 2 aliphatic carbocycles. The van der Waals surface area contributed by atoms with Crippen molar-refractivity contribution in [2.45, 2.75) is 12.5 Å². The van der Waals surface area contributed by atoms with Crippen LogP contribution in [0.15, 0.2) is 47.2 Å². The van der Waals surface area contributed by atoms with E-state index in [1.807, 2.05) is 24.3 Å². The summed E-state index contributed by atoms with van der Waals surface area (Å²) in [5.74, 6) is -0.231. The van der Waals surface area contributed by atoms with Crippen LogP contribution in [-0.4, -0.2) is 11.0 Å². The molecule has 1 aromatic rings. The maximum Gasteiger partial charge on any atom is 0.339 e. The third-order valence-corrected chi connectivity index (χ3v) is 3.41. The molecule has 0 saturated heterocycles. The Morgan fingerprint density at radius 2 is 2.35 bits per heavy atom. The summed E-state index contributed by atoms with van der Waals surface area (Å²) in [6, 6.07) is 3.91. The molecule has 3 heteroatoms. The van der Waals surface area contributed by atoms with E-state index < -0.39 is 0 Å². The number of allylic oxidation sites excluding steroid dienone is 1. The van der Waals surface area contributed by atoms with Gasteiger partial charge in [-0.2, -0.15) is 0 Å². The Labute approximate surface area is 98.1 Å². The summed E-state index contributed by atoms with van der Waals surface area (Å²) in [7, 11) is 0. The molecule has 1 atom stereocenters. The van der Waals surface area contributed by atoms with Gasteiger partial charge in [0.05, 0.1) is 11.3 Å². The molecule has 2 heterocycles. The molecule has 0 radical (unpaired) electrons. The fraction of sp³-hybridized carbons (Fsp3) is 0.143. The van der Waals surface area contributed by atoms with Gasteiger partial charge in [0, 0.05) is 17.3 Å². The van der Waals surface area contributed by atoms with Gasteiger partial charge in [-0.25, -0.2) is 4.79 Å². The minimum Gasteiger partial charge on any atom is -0.447 e. The van der Waals surface area contributed by atoms with Crippen LogP contribution >= 0.6 is 0 Å². The Balaban J connectivity index is 2.04. The highest BCUT2D eigenvalue weighted by Crippen LogP contribution is 2.47. The van der Waals surface area contributed by atoms with Crippen LogP contribution < -0.4 is 0 Å². The molecule has 1 aliphatic heterocycles. The van der Waals surface area contributed by atoms with Crippen molar-refractivity contribution in [2.75, 3.05) is 0 Å². The number of carbonyl (C=O) groups excluding carboxylic acids is 1. The lowest BCUT2D eigenvalue weighted by Gasteiger charge is -2.23. The standard InChI is InChI=1S/C14H9NO2/c16-14-10-5-1-3-8-7-9-4-2-6-15-12(9)13(17-14)11(8)10/h1-2,4-7,13H,3H2. The first kappa shape index (κ1) is 8.93. The van der Waals surface area contributed by atoms with Gasteiger partial charge in [-0.15, -0.1) is 0 Å². The van der Waals surface area contributed by atoms with E-state index in [4.69, 9.17) is 4.74 Å². The number of esters is 1. The summed E-state index contributed by atoms with van der Waals surface area (Å²) in [5.41, 5.74) is 4.80. The van der Waals surface area contributed by atoms with Crippen molar-refractivity contribution in [2.24, 2.45) is 0 Å². The normalized spacial score (nSPS) is 24.1. The molecule has 3 aliphatic rings. The maximum atomic E-state index is 11.8. The molecule has 82 valence electrons. The van der Waals surface area contributed by atoms with Crippen LogP contribution in [-0.2, 0) is 9.53 Å². The van der Waals surface area contributed by atoms with Crippen LogP contribution in [0.5, 0.6) is 0 Å². The van der Waals surface area contributed by atoms with Crippen LogP contribution in [0.4, 0.5) is 0 Å². The zero-order chi connectivity index (χ0) is 11.4. The van der Waals surface area contributed by atoms with Crippen molar-refractivity contribution in [3.05, 3.63) is 58.5 Å². The fourth-order valence-corrected chi connectivity index (χ4v) is 2.68. The van der Waals surface area contributed by atoms with Gasteiger partial charge in [0.1, 0.15) is 0 Å². The Morgan fingerprint density at radius 1 is 1.41 bits per heavy atom. The molecule has 0 fully saturated rings. The monoisotopic (exact) mass is 223 g/mol. The van der Waals surface area contributed by atoms with Crippen molar-refractivity contribution in [3.8, 4) is 0 Å². The lowest BCUT2D eigenvalue weighted by atomic mass is 9.83. The van der Waals surface area contributed by atoms with Crippen LogP contribution in [0.1, 0.15) is 23.8 Å². The molecule has 4 rings (SSSR count). The fourth-order valence-electron chi connectivity index (χ4n) is 2.68. The van der Waals surface area contributed by atoms with E-state index in [0.29, 0.717) is 5.57 Å². The van der Waals surface area contributed by atoms with Crippen molar-refractivity contribution >= 4 is 12.0 Å². The SMILES string of the molecule is O=C1OC2C3=C1C=CCC3=Cc1cccnc12. The van der Waals surface area contributed by atoms with Crippen LogP contribution in [0.2, 0.25) is 0 Å². The average Bonchev–Trinajstić information content (AvgIpc) is 2.70. The minimum absolute atomic E-state index is 0.231. The second-order valence-corrected chi connectivity index (χ2v) is 4.37. The molecule has 0 amide bonds. The van der Waals surface area contributed by atoms with E-state index in [-0.39, 0.29) is 12.1 Å². The third kappa shape index (κ3) is 1.06. The highest BCUT2D eigenvalue weighted by Gasteiger charge is 2.40. The Morgan fingerprint density at radius 3 is 3.29 bits per heavy atom. The molecule has 1 unspecified atom stereocenters. The Hall–Kier alpha value is -2.16. The van der Waals surface area contributed by atoms with E-state index in [1.54, 1.807) is 6.20 Å². The molecule has 0 N–H and O–H groups in total. The van der Waals surface area contributed by atoms with Gasteiger partial charge in [0.15, 0.2) is 6.10 Å². The summed E-state index contributed by atoms with van der Waals surface area (Å²) in [6.45, 7) is 0. The topological polar surface area (TPSA) is 39.2 Å². The second-order valence-electron chi connectivity index (χ2n) is 4.37. The zero-order valence-electron chi connectivity index (χ0n) is 9.01. The molecule has 17 heavy (non-hydrogen) atoms. The molecule has 3 nitrogen and oxygen atoms in total. The highest BCUT2D eigenvalue weighted by atomic mass is 16.5. The van der Waals surface area contributed by atoms with E-state index in [0.717, 1.165) is 23.3 Å². The lowest BCUT2D eigenvalue weighted by molar-refractivity contribution is -0.139. The van der Waals surface area contributed by atoms with Gasteiger partial charge in [-0.1, -0.05) is 18.2 Å². The summed E-state index contributed by atoms with van der Waals surface area (Å²) in [6.07, 6.45) is 8.29. The van der Waals surface area contributed by atoms with E-state index in [1.165, 1.54) is 5.57 Å². The smallest absolute Gasteiger partial charge is 0.339 e. The van der Waals surface area contributed by atoms with Crippen molar-refractivity contribution < 1.29 is 9.53 Å². The molecule has 0 bridgehead atoms. The average molecular weight is 223 g/mol. The number of carbonyl (C=O) groups is 1. The molecular weight excluding hydrogens is 214 g/mol. The van der Waals surface area contributed by atoms with Crippen molar-refractivity contribution in [1.82, 2.24) is 4.98 Å². The third-order valence-electron chi connectivity index (χ3n) is 3.41. The van der Waals surface area contributed by atoms with E-state index >= 15 is 0 Å². The second kappa shape index (κ2) is 2.94. The van der Waals surface area contributed by atoms with Gasteiger partial charge < -0.3 is 4.74 Å². The van der Waals surface area contributed by atoms with Crippen LogP contribution in [0, 0.1) is 0 Å². The summed E-state index contributed by atoms with van der Waals surface area (Å²) < 4.78 is 5.44. The highest BCUT2D eigenvalue weighted by molar-refractivity contribution is 5.98. The molecule has 0 spiro atoms. The number of ether oxygens (including phenoxy) is 1. The Bertz CT molecular complexity index is 637. The lowest BCUT2D eigenvalue weighted by Crippen LogP contribution is -2.12. The van der Waals surface area contributed by atoms with E-state index in [2.05, 4.69) is 11.1 Å². The van der Waals surface area contributed by atoms with Crippen molar-refractivity contribution in [1.29, 1.82) is 0 Å². The predicted molar refractivity (Wildman–Crippen MR) is 61.8 cm³/mol. The quantitative estimate of drug-likeness (QED) is 0.634. The van der Waals surface area contributed by atoms with Gasteiger partial charge in [0.25, 0.3) is 0 Å². The number of hydrogen-bond donors (Lipinski definition) is 0. The molecule has 0 saturated carbocycles. The number of hydrogen-bond acceptors (Lipinski definition) is 3. The number of rotatable bonds is 0. The number of aromatic nitrogens is 1. The maximum absolute atomic E-state index is 11.8. The summed E-state index contributed by atoms with van der Waals surface area (Å²) in [4.78, 5) is 16.1. The van der Waals surface area contributed by atoms with Crippen molar-refractivity contribution in [3.63, 3.8) is 0 Å². The van der Waals surface area contributed by atoms with Gasteiger partial charge in [-0.05, 0) is 24.1 Å². The predicted octanol–water partition coefficient (Wildman–Crippen LogP) is 2.33. The first-order chi connectivity index (χ1) is 8.34. The van der Waals surface area contributed by atoms with Gasteiger partial charge >= 0.3 is 5.97 Å². The minimum atomic E-state index is -0.293. The van der Waals surface area contributed by atoms with E-state index in [9.17, 15) is 4.79 Å². The molecular formula is C14H9NO2. The zero-order valence-corrected chi connectivity index (χ0v) is 9.01. The Kier molecular flexibility index (Phi) is 1.55. The first-order valence-electron chi connectivity index (χ1n) is 5.62. The first-order valence-corrected chi connectivity index (χ1v) is 5.62. The van der Waals surface area contributed by atoms with Gasteiger partial charge in [0.2, 0.25) is 0 Å².